The number of para-hydroxylation sites is 1. The summed E-state index contributed by atoms with van der Waals surface area (Å²) < 4.78 is 5.27. The molecule has 2 aromatic rings. The average molecular weight is 355 g/mol. The number of benzene rings is 1. The van der Waals surface area contributed by atoms with Gasteiger partial charge in [-0.2, -0.15) is 0 Å². The molecule has 0 aliphatic heterocycles. The Labute approximate surface area is 153 Å². The van der Waals surface area contributed by atoms with Crippen LogP contribution in [0.1, 0.15) is 40.0 Å². The lowest BCUT2D eigenvalue weighted by Crippen LogP contribution is -2.38. The maximum atomic E-state index is 12.5. The summed E-state index contributed by atoms with van der Waals surface area (Å²) in [5.41, 5.74) is 0.322. The van der Waals surface area contributed by atoms with Gasteiger partial charge < -0.3 is 15.4 Å². The number of amides is 2. The van der Waals surface area contributed by atoms with E-state index in [1.165, 1.54) is 0 Å². The zero-order valence-electron chi connectivity index (χ0n) is 15.4. The van der Waals surface area contributed by atoms with E-state index in [9.17, 15) is 9.59 Å². The molecule has 0 radical (unpaired) electrons. The van der Waals surface area contributed by atoms with E-state index in [0.29, 0.717) is 12.2 Å². The molecule has 138 valence electrons. The van der Waals surface area contributed by atoms with Crippen molar-refractivity contribution in [1.29, 1.82) is 0 Å². The Bertz CT molecular complexity index is 813. The highest BCUT2D eigenvalue weighted by Crippen LogP contribution is 2.27. The molecule has 2 amide bonds. The first-order valence-corrected chi connectivity index (χ1v) is 8.96. The highest BCUT2D eigenvalue weighted by molar-refractivity contribution is 5.93. The van der Waals surface area contributed by atoms with Gasteiger partial charge in [0.05, 0.1) is 5.52 Å². The average Bonchev–Trinajstić information content (AvgIpc) is 3.01. The zero-order valence-corrected chi connectivity index (χ0v) is 15.4. The van der Waals surface area contributed by atoms with E-state index in [1.807, 2.05) is 57.2 Å². The van der Waals surface area contributed by atoms with Crippen LogP contribution in [0.3, 0.4) is 0 Å². The van der Waals surface area contributed by atoms with Gasteiger partial charge in [0.2, 0.25) is 5.91 Å². The van der Waals surface area contributed by atoms with Crippen LogP contribution in [-0.2, 0) is 9.53 Å². The first-order valence-electron chi connectivity index (χ1n) is 8.96. The summed E-state index contributed by atoms with van der Waals surface area (Å²) in [5.74, 6) is 0.363. The monoisotopic (exact) mass is 355 g/mol. The van der Waals surface area contributed by atoms with E-state index in [0.717, 1.165) is 23.7 Å². The number of nitrogens with zero attached hydrogens (tertiary/aromatic N) is 1. The highest BCUT2D eigenvalue weighted by atomic mass is 16.6. The Morgan fingerprint density at radius 1 is 1.12 bits per heavy atom. The van der Waals surface area contributed by atoms with Crippen molar-refractivity contribution in [2.75, 3.05) is 5.32 Å². The lowest BCUT2D eigenvalue weighted by atomic mass is 10.1. The molecule has 0 bridgehead atoms. The Kier molecular flexibility index (Phi) is 5.11. The molecule has 3 rings (SSSR count). The number of carbonyl (C=O) groups is 2. The SMILES string of the molecule is CC(C)(C)OC(=O)N[C@@H]1CC[C@H](C(=O)Nc2ccc3ccccc3n2)C1. The van der Waals surface area contributed by atoms with Crippen molar-refractivity contribution in [3.63, 3.8) is 0 Å². The van der Waals surface area contributed by atoms with Crippen LogP contribution in [0.5, 0.6) is 0 Å². The van der Waals surface area contributed by atoms with Gasteiger partial charge in [-0.3, -0.25) is 4.79 Å². The van der Waals surface area contributed by atoms with Crippen LogP contribution in [-0.4, -0.2) is 28.6 Å². The number of pyridine rings is 1. The van der Waals surface area contributed by atoms with Crippen molar-refractivity contribution < 1.29 is 14.3 Å². The second-order valence-corrected chi connectivity index (χ2v) is 7.73. The summed E-state index contributed by atoms with van der Waals surface area (Å²) >= 11 is 0. The minimum absolute atomic E-state index is 0.0369. The second kappa shape index (κ2) is 7.32. The summed E-state index contributed by atoms with van der Waals surface area (Å²) in [6.45, 7) is 5.48. The van der Waals surface area contributed by atoms with Crippen LogP contribution in [0.4, 0.5) is 10.6 Å². The zero-order chi connectivity index (χ0) is 18.7. The third-order valence-corrected chi connectivity index (χ3v) is 4.37. The summed E-state index contributed by atoms with van der Waals surface area (Å²) in [6.07, 6.45) is 1.68. The molecule has 1 heterocycles. The smallest absolute Gasteiger partial charge is 0.407 e. The molecule has 0 unspecified atom stereocenters. The van der Waals surface area contributed by atoms with Crippen molar-refractivity contribution >= 4 is 28.7 Å². The number of anilines is 1. The van der Waals surface area contributed by atoms with Crippen molar-refractivity contribution in [2.24, 2.45) is 5.92 Å². The fraction of sp³-hybridized carbons (Fsp3) is 0.450. The van der Waals surface area contributed by atoms with Gasteiger partial charge in [0.1, 0.15) is 11.4 Å². The minimum Gasteiger partial charge on any atom is -0.444 e. The Balaban J connectivity index is 1.54. The summed E-state index contributed by atoms with van der Waals surface area (Å²) in [7, 11) is 0. The molecule has 6 heteroatoms. The van der Waals surface area contributed by atoms with E-state index in [1.54, 1.807) is 0 Å². The quantitative estimate of drug-likeness (QED) is 0.876. The van der Waals surface area contributed by atoms with Crippen molar-refractivity contribution in [1.82, 2.24) is 10.3 Å². The number of fused-ring (bicyclic) bond motifs is 1. The molecule has 1 aliphatic rings. The Hall–Kier alpha value is -2.63. The van der Waals surface area contributed by atoms with Gasteiger partial charge in [-0.05, 0) is 58.2 Å². The second-order valence-electron chi connectivity index (χ2n) is 7.73. The molecular weight excluding hydrogens is 330 g/mol. The largest absolute Gasteiger partial charge is 0.444 e. The fourth-order valence-corrected chi connectivity index (χ4v) is 3.19. The molecule has 6 nitrogen and oxygen atoms in total. The number of ether oxygens (including phenoxy) is 1. The fourth-order valence-electron chi connectivity index (χ4n) is 3.19. The highest BCUT2D eigenvalue weighted by Gasteiger charge is 2.32. The third-order valence-electron chi connectivity index (χ3n) is 4.37. The molecule has 2 N–H and O–H groups in total. The van der Waals surface area contributed by atoms with Crippen LogP contribution in [0.25, 0.3) is 10.9 Å². The number of alkyl carbamates (subject to hydrolysis) is 1. The molecule has 26 heavy (non-hydrogen) atoms. The lowest BCUT2D eigenvalue weighted by molar-refractivity contribution is -0.119. The first-order chi connectivity index (χ1) is 12.3. The van der Waals surface area contributed by atoms with E-state index in [2.05, 4.69) is 15.6 Å². The Morgan fingerprint density at radius 2 is 1.88 bits per heavy atom. The van der Waals surface area contributed by atoms with Crippen LogP contribution < -0.4 is 10.6 Å². The molecule has 0 spiro atoms. The maximum absolute atomic E-state index is 12.5. The molecule has 1 aliphatic carbocycles. The number of hydrogen-bond acceptors (Lipinski definition) is 4. The van der Waals surface area contributed by atoms with E-state index < -0.39 is 11.7 Å². The maximum Gasteiger partial charge on any atom is 0.407 e. The van der Waals surface area contributed by atoms with E-state index in [4.69, 9.17) is 4.74 Å². The first kappa shape index (κ1) is 18.2. The standard InChI is InChI=1S/C20H25N3O3/c1-20(2,3)26-19(25)21-15-10-8-14(12-15)18(24)23-17-11-9-13-6-4-5-7-16(13)22-17/h4-7,9,11,14-15H,8,10,12H2,1-3H3,(H,21,25)(H,22,23,24)/t14-,15+/m0/s1. The predicted octanol–water partition coefficient (Wildman–Crippen LogP) is 3.87. The Morgan fingerprint density at radius 3 is 2.65 bits per heavy atom. The van der Waals surface area contributed by atoms with Crippen LogP contribution in [0.15, 0.2) is 36.4 Å². The van der Waals surface area contributed by atoms with Crippen molar-refractivity contribution in [3.8, 4) is 0 Å². The molecule has 1 fully saturated rings. The summed E-state index contributed by atoms with van der Waals surface area (Å²) in [5, 5.41) is 6.78. The number of aromatic nitrogens is 1. The molecule has 1 aromatic carbocycles. The molecule has 1 aromatic heterocycles. The van der Waals surface area contributed by atoms with E-state index in [-0.39, 0.29) is 17.9 Å². The van der Waals surface area contributed by atoms with E-state index >= 15 is 0 Å². The van der Waals surface area contributed by atoms with Gasteiger partial charge in [-0.25, -0.2) is 9.78 Å². The summed E-state index contributed by atoms with van der Waals surface area (Å²) in [4.78, 5) is 28.9. The summed E-state index contributed by atoms with van der Waals surface area (Å²) in [6, 6.07) is 11.5. The van der Waals surface area contributed by atoms with Gasteiger partial charge in [0.15, 0.2) is 0 Å². The lowest BCUT2D eigenvalue weighted by Gasteiger charge is -2.21. The van der Waals surface area contributed by atoms with Crippen molar-refractivity contribution in [2.45, 2.75) is 51.7 Å². The molecule has 1 saturated carbocycles. The van der Waals surface area contributed by atoms with Crippen LogP contribution >= 0.6 is 0 Å². The number of carbonyl (C=O) groups excluding carboxylic acids is 2. The van der Waals surface area contributed by atoms with Gasteiger partial charge in [-0.15, -0.1) is 0 Å². The van der Waals surface area contributed by atoms with Crippen molar-refractivity contribution in [3.05, 3.63) is 36.4 Å². The number of nitrogens with one attached hydrogen (secondary N) is 2. The number of rotatable bonds is 3. The topological polar surface area (TPSA) is 80.3 Å². The van der Waals surface area contributed by atoms with Gasteiger partial charge in [0, 0.05) is 17.3 Å². The van der Waals surface area contributed by atoms with Gasteiger partial charge >= 0.3 is 6.09 Å². The van der Waals surface area contributed by atoms with Gasteiger partial charge in [-0.1, -0.05) is 18.2 Å². The number of hydrogen-bond donors (Lipinski definition) is 2. The molecule has 0 saturated heterocycles. The van der Waals surface area contributed by atoms with Crippen LogP contribution in [0.2, 0.25) is 0 Å². The normalized spacial score (nSPS) is 20.0. The van der Waals surface area contributed by atoms with Gasteiger partial charge in [0.25, 0.3) is 0 Å². The predicted molar refractivity (Wildman–Crippen MR) is 101 cm³/mol. The minimum atomic E-state index is -0.527. The molecule has 2 atom stereocenters. The third kappa shape index (κ3) is 4.71. The van der Waals surface area contributed by atoms with Crippen LogP contribution in [0, 0.1) is 5.92 Å². The molecular formula is C20H25N3O3.